The molecule has 1 saturated heterocycles. The Balaban J connectivity index is 2.50. The predicted octanol–water partition coefficient (Wildman–Crippen LogP) is 0.804. The number of benzene rings is 1. The highest BCUT2D eigenvalue weighted by Crippen LogP contribution is 2.34. The number of hydrogen-bond acceptors (Lipinski definition) is 5. The van der Waals surface area contributed by atoms with Crippen LogP contribution in [0.15, 0.2) is 17.7 Å². The van der Waals surface area contributed by atoms with E-state index < -0.39 is 17.8 Å². The lowest BCUT2D eigenvalue weighted by Crippen LogP contribution is -2.51. The van der Waals surface area contributed by atoms with Gasteiger partial charge in [-0.15, -0.1) is 0 Å². The molecule has 8 heteroatoms. The van der Waals surface area contributed by atoms with E-state index in [1.807, 2.05) is 10.6 Å². The zero-order valence-electron chi connectivity index (χ0n) is 10.2. The fourth-order valence-corrected chi connectivity index (χ4v) is 1.84. The van der Waals surface area contributed by atoms with Crippen LogP contribution in [0.2, 0.25) is 5.02 Å². The summed E-state index contributed by atoms with van der Waals surface area (Å²) in [6.07, 6.45) is 1.11. The number of nitrogens with one attached hydrogen (secondary N) is 2. The Bertz CT molecular complexity index is 631. The number of carbonyl (C=O) groups is 3. The number of carbonyl (C=O) groups excluding carboxylic acids is 3. The maximum Gasteiger partial charge on any atom is 0.328 e. The van der Waals surface area contributed by atoms with E-state index >= 15 is 0 Å². The summed E-state index contributed by atoms with van der Waals surface area (Å²) in [4.78, 5) is 34.0. The minimum atomic E-state index is -0.898. The molecule has 0 spiro atoms. The number of methoxy groups -OCH3 is 1. The van der Waals surface area contributed by atoms with Gasteiger partial charge in [0.05, 0.1) is 7.11 Å². The molecular weight excluding hydrogens is 288 g/mol. The molecule has 104 valence electrons. The van der Waals surface area contributed by atoms with Crippen molar-refractivity contribution in [3.8, 4) is 11.5 Å². The van der Waals surface area contributed by atoms with E-state index in [1.54, 1.807) is 0 Å². The third kappa shape index (κ3) is 2.57. The van der Waals surface area contributed by atoms with Gasteiger partial charge >= 0.3 is 6.03 Å². The van der Waals surface area contributed by atoms with E-state index in [2.05, 4.69) is 0 Å². The number of halogens is 1. The number of hydrogen-bond donors (Lipinski definition) is 3. The monoisotopic (exact) mass is 296 g/mol. The van der Waals surface area contributed by atoms with E-state index in [9.17, 15) is 19.5 Å². The summed E-state index contributed by atoms with van der Waals surface area (Å²) >= 11 is 5.84. The van der Waals surface area contributed by atoms with Crippen LogP contribution in [0.5, 0.6) is 11.5 Å². The van der Waals surface area contributed by atoms with Gasteiger partial charge in [-0.1, -0.05) is 11.6 Å². The van der Waals surface area contributed by atoms with Crippen LogP contribution in [0.3, 0.4) is 0 Å². The number of rotatable bonds is 2. The Labute approximate surface area is 118 Å². The van der Waals surface area contributed by atoms with Gasteiger partial charge in [-0.3, -0.25) is 20.2 Å². The second kappa shape index (κ2) is 5.22. The van der Waals surface area contributed by atoms with Gasteiger partial charge in [0.15, 0.2) is 11.5 Å². The normalized spacial score (nSPS) is 14.7. The first-order valence-corrected chi connectivity index (χ1v) is 5.75. The largest absolute Gasteiger partial charge is 0.504 e. The smallest absolute Gasteiger partial charge is 0.328 e. The first-order chi connectivity index (χ1) is 9.42. The average molecular weight is 297 g/mol. The summed E-state index contributed by atoms with van der Waals surface area (Å²) in [5.41, 5.74) is -0.215. The van der Waals surface area contributed by atoms with Crippen LogP contribution in [0, 0.1) is 0 Å². The van der Waals surface area contributed by atoms with Crippen LogP contribution in [0.25, 0.3) is 6.08 Å². The number of aromatic hydroxyl groups is 1. The summed E-state index contributed by atoms with van der Waals surface area (Å²) in [5.74, 6) is -1.91. The van der Waals surface area contributed by atoms with Crippen LogP contribution in [0.4, 0.5) is 4.79 Å². The van der Waals surface area contributed by atoms with Crippen molar-refractivity contribution >= 4 is 35.5 Å². The van der Waals surface area contributed by atoms with Gasteiger partial charge in [-0.2, -0.15) is 0 Å². The molecule has 1 aliphatic heterocycles. The summed E-state index contributed by atoms with van der Waals surface area (Å²) in [5, 5.41) is 14.0. The zero-order valence-corrected chi connectivity index (χ0v) is 10.9. The summed E-state index contributed by atoms with van der Waals surface area (Å²) in [6.45, 7) is 0. The van der Waals surface area contributed by atoms with Crippen LogP contribution < -0.4 is 15.4 Å². The minimum Gasteiger partial charge on any atom is -0.504 e. The quantitative estimate of drug-likeness (QED) is 0.553. The van der Waals surface area contributed by atoms with Crippen molar-refractivity contribution in [1.29, 1.82) is 0 Å². The molecule has 2 rings (SSSR count). The first-order valence-electron chi connectivity index (χ1n) is 5.37. The van der Waals surface area contributed by atoms with Gasteiger partial charge in [-0.25, -0.2) is 4.79 Å². The molecule has 0 saturated carbocycles. The third-order valence-corrected chi connectivity index (χ3v) is 2.75. The van der Waals surface area contributed by atoms with Gasteiger partial charge in [0.25, 0.3) is 11.8 Å². The molecule has 0 unspecified atom stereocenters. The maximum absolute atomic E-state index is 11.6. The zero-order chi connectivity index (χ0) is 14.9. The van der Waals surface area contributed by atoms with Crippen molar-refractivity contribution in [3.63, 3.8) is 0 Å². The molecule has 0 aliphatic carbocycles. The van der Waals surface area contributed by atoms with Gasteiger partial charge in [0, 0.05) is 16.7 Å². The highest BCUT2D eigenvalue weighted by atomic mass is 35.5. The lowest BCUT2D eigenvalue weighted by Gasteiger charge is -2.14. The number of barbiturate groups is 1. The highest BCUT2D eigenvalue weighted by molar-refractivity contribution is 6.32. The average Bonchev–Trinajstić information content (AvgIpc) is 2.37. The van der Waals surface area contributed by atoms with Crippen molar-refractivity contribution in [2.75, 3.05) is 7.11 Å². The van der Waals surface area contributed by atoms with E-state index in [1.165, 1.54) is 19.2 Å². The fourth-order valence-electron chi connectivity index (χ4n) is 1.62. The molecule has 1 aromatic carbocycles. The third-order valence-electron chi connectivity index (χ3n) is 2.53. The molecule has 7 nitrogen and oxygen atoms in total. The highest BCUT2D eigenvalue weighted by Gasteiger charge is 2.28. The van der Waals surface area contributed by atoms with Gasteiger partial charge < -0.3 is 9.84 Å². The Kier molecular flexibility index (Phi) is 3.62. The number of ether oxygens (including phenoxy) is 1. The Hall–Kier alpha value is -2.54. The molecule has 0 aromatic heterocycles. The molecule has 1 aromatic rings. The van der Waals surface area contributed by atoms with Crippen molar-refractivity contribution in [2.45, 2.75) is 0 Å². The number of phenolic OH excluding ortho intramolecular Hbond substituents is 1. The molecule has 0 bridgehead atoms. The number of urea groups is 1. The fraction of sp³-hybridized carbons (Fsp3) is 0.0833. The van der Waals surface area contributed by atoms with E-state index in [-0.39, 0.29) is 27.7 Å². The standard InChI is InChI=1S/C12H9ClN2O5/c1-20-8-4-6(13)2-5(9(8)16)3-7-10(17)14-12(19)15-11(7)18/h2-4,16H,1H3,(H2,14,15,17,18,19). The Morgan fingerprint density at radius 1 is 1.20 bits per heavy atom. The van der Waals surface area contributed by atoms with Crippen LogP contribution >= 0.6 is 11.6 Å². The summed E-state index contributed by atoms with van der Waals surface area (Å²) < 4.78 is 4.91. The predicted molar refractivity (Wildman–Crippen MR) is 69.3 cm³/mol. The van der Waals surface area contributed by atoms with Crippen molar-refractivity contribution < 1.29 is 24.2 Å². The molecular formula is C12H9ClN2O5. The molecule has 0 radical (unpaired) electrons. The van der Waals surface area contributed by atoms with E-state index in [4.69, 9.17) is 16.3 Å². The van der Waals surface area contributed by atoms with Crippen molar-refractivity contribution in [2.24, 2.45) is 0 Å². The Morgan fingerprint density at radius 2 is 1.80 bits per heavy atom. The number of phenols is 1. The minimum absolute atomic E-state index is 0.0945. The van der Waals surface area contributed by atoms with Gasteiger partial charge in [0.2, 0.25) is 0 Å². The lowest BCUT2D eigenvalue weighted by molar-refractivity contribution is -0.123. The molecule has 4 amide bonds. The first kappa shape index (κ1) is 13.9. The number of amides is 4. The number of imide groups is 2. The van der Waals surface area contributed by atoms with E-state index in [0.29, 0.717) is 0 Å². The SMILES string of the molecule is COc1cc(Cl)cc(C=C2C(=O)NC(=O)NC2=O)c1O. The molecule has 0 atom stereocenters. The van der Waals surface area contributed by atoms with Crippen molar-refractivity contribution in [1.82, 2.24) is 10.6 Å². The lowest BCUT2D eigenvalue weighted by atomic mass is 10.1. The molecule has 1 heterocycles. The second-order valence-corrected chi connectivity index (χ2v) is 4.28. The van der Waals surface area contributed by atoms with Crippen LogP contribution in [-0.4, -0.2) is 30.1 Å². The molecule has 1 fully saturated rings. The Morgan fingerprint density at radius 3 is 2.35 bits per heavy atom. The topological polar surface area (TPSA) is 105 Å². The molecule has 1 aliphatic rings. The maximum atomic E-state index is 11.6. The van der Waals surface area contributed by atoms with Crippen LogP contribution in [-0.2, 0) is 9.59 Å². The molecule has 3 N–H and O–H groups in total. The van der Waals surface area contributed by atoms with Gasteiger partial charge in [-0.05, 0) is 12.1 Å². The second-order valence-electron chi connectivity index (χ2n) is 3.84. The summed E-state index contributed by atoms with van der Waals surface area (Å²) in [7, 11) is 1.33. The van der Waals surface area contributed by atoms with E-state index in [0.717, 1.165) is 6.08 Å². The van der Waals surface area contributed by atoms with Crippen LogP contribution in [0.1, 0.15) is 5.56 Å². The van der Waals surface area contributed by atoms with Gasteiger partial charge in [0.1, 0.15) is 5.57 Å². The van der Waals surface area contributed by atoms with Crippen molar-refractivity contribution in [3.05, 3.63) is 28.3 Å². The summed E-state index contributed by atoms with van der Waals surface area (Å²) in [6, 6.07) is 1.83. The molecule has 20 heavy (non-hydrogen) atoms.